The predicted molar refractivity (Wildman–Crippen MR) is 52.6 cm³/mol. The maximum Gasteiger partial charge on any atom is 0.146 e. The number of halogens is 1. The highest BCUT2D eigenvalue weighted by Crippen LogP contribution is 2.02. The van der Waals surface area contributed by atoms with E-state index in [2.05, 4.69) is 34.3 Å². The molecule has 0 atom stereocenters. The van der Waals surface area contributed by atoms with Crippen LogP contribution in [0.2, 0.25) is 0 Å². The normalized spacial score (nSPS) is 12.2. The number of hydrogen-bond acceptors (Lipinski definition) is 1. The fourth-order valence-corrected chi connectivity index (χ4v) is 0.960. The highest BCUT2D eigenvalue weighted by atomic mass is 79.9. The predicted octanol–water partition coefficient (Wildman–Crippen LogP) is -0.625. The van der Waals surface area contributed by atoms with Gasteiger partial charge in [-0.1, -0.05) is 13.3 Å². The van der Waals surface area contributed by atoms with Crippen LogP contribution in [-0.4, -0.2) is 32.2 Å². The largest absolute Gasteiger partial charge is 1.00 e. The number of allylic oxidation sites excluding steroid dienone is 1. The van der Waals surface area contributed by atoms with Gasteiger partial charge in [-0.25, -0.2) is 0 Å². The van der Waals surface area contributed by atoms with Crippen LogP contribution in [-0.2, 0) is 4.74 Å². The van der Waals surface area contributed by atoms with Crippen molar-refractivity contribution in [3.63, 3.8) is 0 Å². The van der Waals surface area contributed by atoms with Crippen LogP contribution in [0.5, 0.6) is 0 Å². The summed E-state index contributed by atoms with van der Waals surface area (Å²) in [5.41, 5.74) is 0. The molecule has 0 heterocycles. The van der Waals surface area contributed by atoms with E-state index in [0.717, 1.165) is 23.3 Å². The van der Waals surface area contributed by atoms with E-state index in [9.17, 15) is 0 Å². The summed E-state index contributed by atoms with van der Waals surface area (Å²) in [5.74, 6) is 1.02. The lowest BCUT2D eigenvalue weighted by Gasteiger charge is -2.19. The van der Waals surface area contributed by atoms with E-state index in [-0.39, 0.29) is 17.0 Å². The molecule has 80 valence electrons. The van der Waals surface area contributed by atoms with Crippen molar-refractivity contribution in [3.8, 4) is 0 Å². The molecular weight excluding hydrogens is 230 g/mol. The molecule has 0 aromatic rings. The molecule has 0 aliphatic carbocycles. The Balaban J connectivity index is 0. The topological polar surface area (TPSA) is 9.23 Å². The second-order valence-corrected chi connectivity index (χ2v) is 4.06. The minimum absolute atomic E-state index is 0. The molecule has 3 heteroatoms. The van der Waals surface area contributed by atoms with E-state index in [1.54, 1.807) is 0 Å². The molecule has 0 aromatic heterocycles. The molecule has 0 fully saturated rings. The first-order valence-corrected chi connectivity index (χ1v) is 4.59. The Bertz CT molecular complexity index is 149. The molecule has 0 aliphatic heterocycles. The number of hydrogen-bond donors (Lipinski definition) is 0. The van der Waals surface area contributed by atoms with Crippen molar-refractivity contribution in [1.82, 2.24) is 0 Å². The van der Waals surface area contributed by atoms with Crippen molar-refractivity contribution >= 4 is 0 Å². The zero-order valence-electron chi connectivity index (χ0n) is 9.43. The highest BCUT2D eigenvalue weighted by molar-refractivity contribution is 4.80. The third-order valence-corrected chi connectivity index (χ3v) is 1.40. The summed E-state index contributed by atoms with van der Waals surface area (Å²) < 4.78 is 6.32. The number of quaternary nitrogens is 1. The summed E-state index contributed by atoms with van der Waals surface area (Å²) in [6.07, 6.45) is 4.44. The van der Waals surface area contributed by atoms with Gasteiger partial charge in [0.15, 0.2) is 0 Å². The van der Waals surface area contributed by atoms with Crippen molar-refractivity contribution in [1.29, 1.82) is 0 Å². The van der Waals surface area contributed by atoms with Gasteiger partial charge in [0.05, 0.1) is 27.7 Å². The Morgan fingerprint density at radius 1 is 1.31 bits per heavy atom. The molecule has 0 rings (SSSR count). The van der Waals surface area contributed by atoms with Crippen LogP contribution in [0.15, 0.2) is 12.0 Å². The van der Waals surface area contributed by atoms with Gasteiger partial charge in [0.25, 0.3) is 0 Å². The van der Waals surface area contributed by atoms with Crippen molar-refractivity contribution in [2.75, 3.05) is 27.7 Å². The minimum atomic E-state index is 0. The third kappa shape index (κ3) is 12.0. The molecule has 2 nitrogen and oxygen atoms in total. The van der Waals surface area contributed by atoms with Crippen molar-refractivity contribution in [2.45, 2.75) is 26.7 Å². The number of unbranched alkanes of at least 4 members (excludes halogenated alkanes) is 1. The fraction of sp³-hybridized carbons (Fsp3) is 0.800. The van der Waals surface area contributed by atoms with Crippen molar-refractivity contribution < 1.29 is 26.2 Å². The van der Waals surface area contributed by atoms with Gasteiger partial charge in [0, 0.05) is 0 Å². The van der Waals surface area contributed by atoms with Crippen LogP contribution in [0.4, 0.5) is 0 Å². The first kappa shape index (κ1) is 15.5. The molecule has 0 aliphatic rings. The summed E-state index contributed by atoms with van der Waals surface area (Å²) in [6.45, 7) is 5.03. The van der Waals surface area contributed by atoms with E-state index >= 15 is 0 Å². The standard InChI is InChI=1S/C10H22NO.BrH/c1-6-7-8-12-10(2)9-11(3,4)5;/h9H,6-8H2,1-5H3;1H/q+1;/p-1. The fourth-order valence-electron chi connectivity index (χ4n) is 0.960. The van der Waals surface area contributed by atoms with Gasteiger partial charge >= 0.3 is 0 Å². The van der Waals surface area contributed by atoms with Crippen LogP contribution in [0, 0.1) is 0 Å². The summed E-state index contributed by atoms with van der Waals surface area (Å²) in [7, 11) is 6.35. The SMILES string of the molecule is CCCCOC(C)=C[N+](C)(C)C.[Br-]. The third-order valence-electron chi connectivity index (χ3n) is 1.40. The minimum Gasteiger partial charge on any atom is -1.00 e. The molecule has 0 bridgehead atoms. The number of nitrogens with zero attached hydrogens (tertiary/aromatic N) is 1. The maximum absolute atomic E-state index is 5.50. The van der Waals surface area contributed by atoms with Gasteiger partial charge in [-0.3, -0.25) is 0 Å². The van der Waals surface area contributed by atoms with Gasteiger partial charge in [-0.05, 0) is 13.3 Å². The summed E-state index contributed by atoms with van der Waals surface area (Å²) in [4.78, 5) is 0. The summed E-state index contributed by atoms with van der Waals surface area (Å²) >= 11 is 0. The monoisotopic (exact) mass is 251 g/mol. The first-order valence-electron chi connectivity index (χ1n) is 4.59. The molecule has 0 aromatic carbocycles. The Morgan fingerprint density at radius 3 is 2.23 bits per heavy atom. The van der Waals surface area contributed by atoms with Crippen LogP contribution in [0.1, 0.15) is 26.7 Å². The van der Waals surface area contributed by atoms with E-state index in [4.69, 9.17) is 4.74 Å². The van der Waals surface area contributed by atoms with Gasteiger partial charge < -0.3 is 26.2 Å². The van der Waals surface area contributed by atoms with Gasteiger partial charge in [0.2, 0.25) is 0 Å². The van der Waals surface area contributed by atoms with Crippen molar-refractivity contribution in [2.24, 2.45) is 0 Å². The van der Waals surface area contributed by atoms with Gasteiger partial charge in [-0.2, -0.15) is 0 Å². The number of ether oxygens (including phenoxy) is 1. The van der Waals surface area contributed by atoms with E-state index < -0.39 is 0 Å². The molecule has 0 unspecified atom stereocenters. The lowest BCUT2D eigenvalue weighted by Crippen LogP contribution is -3.00. The smallest absolute Gasteiger partial charge is 0.146 e. The Labute approximate surface area is 92.9 Å². The average Bonchev–Trinajstić information content (AvgIpc) is 1.84. The van der Waals surface area contributed by atoms with E-state index in [0.29, 0.717) is 0 Å². The van der Waals surface area contributed by atoms with Crippen LogP contribution in [0.3, 0.4) is 0 Å². The first-order chi connectivity index (χ1) is 5.45. The van der Waals surface area contributed by atoms with Crippen LogP contribution >= 0.6 is 0 Å². The molecule has 0 N–H and O–H groups in total. The molecule has 0 saturated heterocycles. The average molecular weight is 252 g/mol. The van der Waals surface area contributed by atoms with Gasteiger partial charge in [0.1, 0.15) is 12.0 Å². The zero-order chi connectivity index (χ0) is 9.61. The maximum atomic E-state index is 5.50. The number of rotatable bonds is 5. The van der Waals surface area contributed by atoms with Crippen LogP contribution < -0.4 is 17.0 Å². The second-order valence-electron chi connectivity index (χ2n) is 4.06. The Morgan fingerprint density at radius 2 is 1.85 bits per heavy atom. The summed E-state index contributed by atoms with van der Waals surface area (Å²) in [5, 5.41) is 0. The van der Waals surface area contributed by atoms with Crippen LogP contribution in [0.25, 0.3) is 0 Å². The molecule has 0 saturated carbocycles. The van der Waals surface area contributed by atoms with Crippen molar-refractivity contribution in [3.05, 3.63) is 12.0 Å². The highest BCUT2D eigenvalue weighted by Gasteiger charge is 2.03. The van der Waals surface area contributed by atoms with E-state index in [1.165, 1.54) is 6.42 Å². The second kappa shape index (κ2) is 7.39. The molecule has 0 spiro atoms. The lowest BCUT2D eigenvalue weighted by molar-refractivity contribution is -0.818. The molecule has 13 heavy (non-hydrogen) atoms. The van der Waals surface area contributed by atoms with Gasteiger partial charge in [-0.15, -0.1) is 0 Å². The summed E-state index contributed by atoms with van der Waals surface area (Å²) in [6, 6.07) is 0. The lowest BCUT2D eigenvalue weighted by atomic mass is 10.4. The Hall–Kier alpha value is -0.0200. The van der Waals surface area contributed by atoms with E-state index in [1.807, 2.05) is 6.92 Å². The zero-order valence-corrected chi connectivity index (χ0v) is 11.0. The molecule has 0 amide bonds. The quantitative estimate of drug-likeness (QED) is 0.360. The molecule has 0 radical (unpaired) electrons. The molecular formula is C10H22BrNO. The Kier molecular flexibility index (Phi) is 8.78.